The molecule has 2 rings (SSSR count). The van der Waals surface area contributed by atoms with Crippen molar-refractivity contribution in [3.63, 3.8) is 0 Å². The van der Waals surface area contributed by atoms with Gasteiger partial charge in [0.05, 0.1) is 4.92 Å². The highest BCUT2D eigenvalue weighted by Gasteiger charge is 2.21. The van der Waals surface area contributed by atoms with E-state index in [1.54, 1.807) is 24.3 Å². The smallest absolute Gasteiger partial charge is 0.269 e. The van der Waals surface area contributed by atoms with Crippen LogP contribution in [0.4, 0.5) is 11.4 Å². The topological polar surface area (TPSA) is 166 Å². The molecule has 1 atom stereocenters. The Hall–Kier alpha value is -3.66. The third kappa shape index (κ3) is 7.76. The number of nitro groups is 1. The molecule has 0 radical (unpaired) electrons. The zero-order valence-electron chi connectivity index (χ0n) is 16.0. The number of rotatable bonds is 9. The molecule has 0 saturated carbocycles. The number of nitrogens with one attached hydrogen (secondary N) is 2. The lowest BCUT2D eigenvalue weighted by molar-refractivity contribution is -0.384. The lowest BCUT2D eigenvalue weighted by atomic mass is 10.1. The Morgan fingerprint density at radius 3 is 2.27 bits per heavy atom. The van der Waals surface area contributed by atoms with Crippen molar-refractivity contribution < 1.29 is 14.5 Å². The Balaban J connectivity index is 0.00000450. The largest absolute Gasteiger partial charge is 0.370 e. The molecule has 6 N–H and O–H groups in total. The van der Waals surface area contributed by atoms with Gasteiger partial charge in [-0.3, -0.25) is 24.7 Å². The van der Waals surface area contributed by atoms with E-state index in [9.17, 15) is 19.7 Å². The van der Waals surface area contributed by atoms with Gasteiger partial charge in [-0.2, -0.15) is 0 Å². The second kappa shape index (κ2) is 12.0. The van der Waals surface area contributed by atoms with Crippen LogP contribution in [0.1, 0.15) is 23.2 Å². The number of hydrogen-bond donors (Lipinski definition) is 4. The van der Waals surface area contributed by atoms with E-state index >= 15 is 0 Å². The van der Waals surface area contributed by atoms with Gasteiger partial charge in [0.2, 0.25) is 5.91 Å². The fourth-order valence-electron chi connectivity index (χ4n) is 2.50. The Bertz CT molecular complexity index is 886. The van der Waals surface area contributed by atoms with Gasteiger partial charge in [0.25, 0.3) is 11.6 Å². The van der Waals surface area contributed by atoms with Crippen molar-refractivity contribution in [1.29, 1.82) is 0 Å². The van der Waals surface area contributed by atoms with Gasteiger partial charge >= 0.3 is 0 Å². The SMILES string of the molecule is Cl.NC(N)=NCCC[C@@H](NC(=O)c1ccc([N+](=O)[O-])cc1)C(=O)Nc1ccccc1. The molecule has 0 aliphatic heterocycles. The van der Waals surface area contributed by atoms with E-state index in [-0.39, 0.29) is 29.6 Å². The summed E-state index contributed by atoms with van der Waals surface area (Å²) in [4.78, 5) is 39.2. The number of carbonyl (C=O) groups excluding carboxylic acids is 2. The van der Waals surface area contributed by atoms with E-state index < -0.39 is 22.8 Å². The standard InChI is InChI=1S/C19H22N6O4.ClH/c20-19(21)22-12-4-7-16(18(27)23-14-5-2-1-3-6-14)24-17(26)13-8-10-15(11-9-13)25(28)29;/h1-3,5-6,8-11,16H,4,7,12H2,(H,23,27)(H,24,26)(H4,20,21,22);1H/t16-;/m1./s1. The molecule has 0 heterocycles. The number of non-ortho nitro benzene ring substituents is 1. The summed E-state index contributed by atoms with van der Waals surface area (Å²) in [6, 6.07) is 13.1. The van der Waals surface area contributed by atoms with Crippen molar-refractivity contribution in [2.45, 2.75) is 18.9 Å². The molecule has 10 nitrogen and oxygen atoms in total. The van der Waals surface area contributed by atoms with Crippen LogP contribution in [0, 0.1) is 10.1 Å². The van der Waals surface area contributed by atoms with Crippen LogP contribution in [-0.4, -0.2) is 35.3 Å². The normalized spacial score (nSPS) is 10.8. The minimum atomic E-state index is -0.841. The predicted octanol–water partition coefficient (Wildman–Crippen LogP) is 1.81. The lowest BCUT2D eigenvalue weighted by Crippen LogP contribution is -2.44. The van der Waals surface area contributed by atoms with Crippen molar-refractivity contribution in [2.24, 2.45) is 16.5 Å². The minimum absolute atomic E-state index is 0. The van der Waals surface area contributed by atoms with E-state index in [4.69, 9.17) is 11.5 Å². The Morgan fingerprint density at radius 1 is 1.07 bits per heavy atom. The molecular formula is C19H23ClN6O4. The number of anilines is 1. The van der Waals surface area contributed by atoms with Crippen LogP contribution in [0.2, 0.25) is 0 Å². The van der Waals surface area contributed by atoms with Crippen molar-refractivity contribution in [2.75, 3.05) is 11.9 Å². The predicted molar refractivity (Wildman–Crippen MR) is 117 cm³/mol. The summed E-state index contributed by atoms with van der Waals surface area (Å²) >= 11 is 0. The van der Waals surface area contributed by atoms with Crippen molar-refractivity contribution in [3.05, 3.63) is 70.3 Å². The van der Waals surface area contributed by atoms with Crippen molar-refractivity contribution >= 4 is 41.6 Å². The summed E-state index contributed by atoms with van der Waals surface area (Å²) in [5, 5.41) is 16.1. The summed E-state index contributed by atoms with van der Waals surface area (Å²) in [5.41, 5.74) is 11.3. The molecule has 2 aromatic rings. The number of carbonyl (C=O) groups is 2. The van der Waals surface area contributed by atoms with Crippen LogP contribution in [0.5, 0.6) is 0 Å². The number of halogens is 1. The molecule has 0 saturated heterocycles. The van der Waals surface area contributed by atoms with E-state index in [2.05, 4.69) is 15.6 Å². The maximum absolute atomic E-state index is 12.7. The summed E-state index contributed by atoms with van der Waals surface area (Å²) < 4.78 is 0. The summed E-state index contributed by atoms with van der Waals surface area (Å²) in [6.07, 6.45) is 0.763. The zero-order chi connectivity index (χ0) is 21.2. The fourth-order valence-corrected chi connectivity index (χ4v) is 2.50. The molecular weight excluding hydrogens is 412 g/mol. The average Bonchev–Trinajstić information content (AvgIpc) is 2.70. The number of aliphatic imine (C=N–C) groups is 1. The van der Waals surface area contributed by atoms with Crippen LogP contribution < -0.4 is 22.1 Å². The van der Waals surface area contributed by atoms with Gasteiger partial charge < -0.3 is 22.1 Å². The number of nitrogens with zero attached hydrogens (tertiary/aromatic N) is 2. The number of guanidine groups is 1. The number of benzene rings is 2. The number of amides is 2. The number of nitro benzene ring substituents is 1. The molecule has 30 heavy (non-hydrogen) atoms. The highest BCUT2D eigenvalue weighted by Crippen LogP contribution is 2.13. The van der Waals surface area contributed by atoms with Gasteiger partial charge in [0.15, 0.2) is 5.96 Å². The first kappa shape index (κ1) is 24.4. The summed E-state index contributed by atoms with van der Waals surface area (Å²) in [7, 11) is 0. The van der Waals surface area contributed by atoms with Crippen molar-refractivity contribution in [1.82, 2.24) is 5.32 Å². The molecule has 0 spiro atoms. The second-order valence-electron chi connectivity index (χ2n) is 6.13. The molecule has 11 heteroatoms. The summed E-state index contributed by atoms with van der Waals surface area (Å²) in [5.74, 6) is -0.962. The molecule has 0 fully saturated rings. The van der Waals surface area contributed by atoms with Crippen LogP contribution in [0.25, 0.3) is 0 Å². The van der Waals surface area contributed by atoms with Gasteiger partial charge in [0.1, 0.15) is 6.04 Å². The number of hydrogen-bond acceptors (Lipinski definition) is 5. The van der Waals surface area contributed by atoms with E-state index in [0.717, 1.165) is 0 Å². The second-order valence-corrected chi connectivity index (χ2v) is 6.13. The first-order chi connectivity index (χ1) is 13.9. The molecule has 0 unspecified atom stereocenters. The molecule has 0 aliphatic carbocycles. The molecule has 0 bridgehead atoms. The first-order valence-electron chi connectivity index (χ1n) is 8.83. The van der Waals surface area contributed by atoms with Crippen LogP contribution in [0.3, 0.4) is 0 Å². The van der Waals surface area contributed by atoms with Crippen LogP contribution in [-0.2, 0) is 4.79 Å². The van der Waals surface area contributed by atoms with E-state index in [0.29, 0.717) is 25.1 Å². The van der Waals surface area contributed by atoms with Crippen molar-refractivity contribution in [3.8, 4) is 0 Å². The maximum Gasteiger partial charge on any atom is 0.269 e. The average molecular weight is 435 g/mol. The number of para-hydroxylation sites is 1. The zero-order valence-corrected chi connectivity index (χ0v) is 16.8. The monoisotopic (exact) mass is 434 g/mol. The summed E-state index contributed by atoms with van der Waals surface area (Å²) in [6.45, 7) is 0.310. The lowest BCUT2D eigenvalue weighted by Gasteiger charge is -2.18. The van der Waals surface area contributed by atoms with Gasteiger partial charge in [-0.1, -0.05) is 18.2 Å². The Labute approximate surface area is 179 Å². The van der Waals surface area contributed by atoms with Crippen LogP contribution in [0.15, 0.2) is 59.6 Å². The Kier molecular flexibility index (Phi) is 9.77. The third-order valence-electron chi connectivity index (χ3n) is 3.95. The molecule has 2 aromatic carbocycles. The van der Waals surface area contributed by atoms with Gasteiger partial charge in [-0.15, -0.1) is 12.4 Å². The highest BCUT2D eigenvalue weighted by molar-refractivity contribution is 6.01. The molecule has 0 aliphatic rings. The van der Waals surface area contributed by atoms with E-state index in [1.165, 1.54) is 24.3 Å². The first-order valence-corrected chi connectivity index (χ1v) is 8.83. The fraction of sp³-hybridized carbons (Fsp3) is 0.211. The molecule has 2 amide bonds. The van der Waals surface area contributed by atoms with Gasteiger partial charge in [-0.25, -0.2) is 0 Å². The van der Waals surface area contributed by atoms with E-state index in [1.807, 2.05) is 6.07 Å². The third-order valence-corrected chi connectivity index (χ3v) is 3.95. The quantitative estimate of drug-likeness (QED) is 0.154. The van der Waals surface area contributed by atoms with Gasteiger partial charge in [0, 0.05) is 29.9 Å². The maximum atomic E-state index is 12.7. The number of nitrogens with two attached hydrogens (primary N) is 2. The highest BCUT2D eigenvalue weighted by atomic mass is 35.5. The molecule has 160 valence electrons. The minimum Gasteiger partial charge on any atom is -0.370 e. The van der Waals surface area contributed by atoms with Crippen LogP contribution >= 0.6 is 12.4 Å². The Morgan fingerprint density at radius 2 is 1.70 bits per heavy atom. The molecule has 0 aromatic heterocycles. The van der Waals surface area contributed by atoms with Gasteiger partial charge in [-0.05, 0) is 37.1 Å².